The number of hydrogen-bond acceptors (Lipinski definition) is 3. The van der Waals surface area contributed by atoms with Crippen molar-refractivity contribution in [3.05, 3.63) is 40.7 Å². The monoisotopic (exact) mass is 257 g/mol. The molecule has 98 valence electrons. The number of rotatable bonds is 3. The van der Waals surface area contributed by atoms with E-state index in [1.807, 2.05) is 32.0 Å². The van der Waals surface area contributed by atoms with Gasteiger partial charge in [0.25, 0.3) is 0 Å². The van der Waals surface area contributed by atoms with Crippen molar-refractivity contribution in [2.24, 2.45) is 0 Å². The van der Waals surface area contributed by atoms with E-state index in [1.54, 1.807) is 4.68 Å². The van der Waals surface area contributed by atoms with Gasteiger partial charge in [0.15, 0.2) is 5.69 Å². The Morgan fingerprint density at radius 3 is 2.74 bits per heavy atom. The summed E-state index contributed by atoms with van der Waals surface area (Å²) in [6.45, 7) is 4.05. The molecule has 1 heterocycles. The molecule has 2 aromatic rings. The van der Waals surface area contributed by atoms with Gasteiger partial charge in [0.2, 0.25) is 0 Å². The van der Waals surface area contributed by atoms with E-state index >= 15 is 0 Å². The molecule has 1 aromatic carbocycles. The second kappa shape index (κ2) is 4.19. The number of aryl methyl sites for hydroxylation is 1. The van der Waals surface area contributed by atoms with Crippen LogP contribution in [0.25, 0.3) is 5.69 Å². The molecule has 1 N–H and O–H groups in total. The highest BCUT2D eigenvalue weighted by Gasteiger charge is 2.34. The van der Waals surface area contributed by atoms with E-state index in [4.69, 9.17) is 0 Å². The Morgan fingerprint density at radius 1 is 1.37 bits per heavy atom. The standard InChI is InChI=1S/C14H15N3O2/c1-8-4-3-5-11(9(8)2)17-13(10-6-7-10)12(14(18)19)15-16-17/h3-5,10H,6-7H2,1-2H3,(H,18,19). The van der Waals surface area contributed by atoms with Gasteiger partial charge in [-0.15, -0.1) is 5.10 Å². The van der Waals surface area contributed by atoms with E-state index < -0.39 is 5.97 Å². The second-order valence-corrected chi connectivity index (χ2v) is 5.03. The van der Waals surface area contributed by atoms with Crippen LogP contribution >= 0.6 is 0 Å². The number of hydrogen-bond donors (Lipinski definition) is 1. The molecule has 0 aliphatic heterocycles. The molecule has 1 aliphatic carbocycles. The molecule has 5 heteroatoms. The van der Waals surface area contributed by atoms with Crippen LogP contribution in [0.5, 0.6) is 0 Å². The predicted octanol–water partition coefficient (Wildman–Crippen LogP) is 2.46. The minimum Gasteiger partial charge on any atom is -0.476 e. The molecule has 1 saturated carbocycles. The van der Waals surface area contributed by atoms with Crippen LogP contribution < -0.4 is 0 Å². The van der Waals surface area contributed by atoms with Gasteiger partial charge < -0.3 is 5.11 Å². The normalized spacial score (nSPS) is 14.6. The fraction of sp³-hybridized carbons (Fsp3) is 0.357. The van der Waals surface area contributed by atoms with Crippen molar-refractivity contribution in [2.45, 2.75) is 32.6 Å². The van der Waals surface area contributed by atoms with Crippen LogP contribution in [0, 0.1) is 13.8 Å². The lowest BCUT2D eigenvalue weighted by molar-refractivity contribution is 0.0689. The van der Waals surface area contributed by atoms with Crippen LogP contribution in [0.1, 0.15) is 46.1 Å². The predicted molar refractivity (Wildman–Crippen MR) is 69.8 cm³/mol. The zero-order valence-corrected chi connectivity index (χ0v) is 10.9. The summed E-state index contributed by atoms with van der Waals surface area (Å²) in [4.78, 5) is 11.2. The number of benzene rings is 1. The highest BCUT2D eigenvalue weighted by Crippen LogP contribution is 2.42. The Morgan fingerprint density at radius 2 is 2.11 bits per heavy atom. The number of nitrogens with zero attached hydrogens (tertiary/aromatic N) is 3. The van der Waals surface area contributed by atoms with Gasteiger partial charge in [-0.25, -0.2) is 9.48 Å². The highest BCUT2D eigenvalue weighted by atomic mass is 16.4. The third kappa shape index (κ3) is 1.91. The summed E-state index contributed by atoms with van der Waals surface area (Å²) in [7, 11) is 0. The van der Waals surface area contributed by atoms with Crippen LogP contribution in [0.4, 0.5) is 0 Å². The molecule has 0 bridgehead atoms. The summed E-state index contributed by atoms with van der Waals surface area (Å²) < 4.78 is 1.70. The van der Waals surface area contributed by atoms with Crippen molar-refractivity contribution in [1.82, 2.24) is 15.0 Å². The van der Waals surface area contributed by atoms with Gasteiger partial charge >= 0.3 is 5.97 Å². The lowest BCUT2D eigenvalue weighted by Gasteiger charge is -2.10. The maximum atomic E-state index is 11.2. The summed E-state index contributed by atoms with van der Waals surface area (Å²) >= 11 is 0. The number of aromatic carboxylic acids is 1. The van der Waals surface area contributed by atoms with E-state index in [1.165, 1.54) is 0 Å². The summed E-state index contributed by atoms with van der Waals surface area (Å²) in [5, 5.41) is 17.1. The van der Waals surface area contributed by atoms with Crippen molar-refractivity contribution >= 4 is 5.97 Å². The molecular weight excluding hydrogens is 242 g/mol. The molecular formula is C14H15N3O2. The fourth-order valence-electron chi connectivity index (χ4n) is 2.31. The fourth-order valence-corrected chi connectivity index (χ4v) is 2.31. The Hall–Kier alpha value is -2.17. The number of carbonyl (C=O) groups is 1. The molecule has 19 heavy (non-hydrogen) atoms. The summed E-state index contributed by atoms with van der Waals surface area (Å²) in [5.41, 5.74) is 4.00. The highest BCUT2D eigenvalue weighted by molar-refractivity contribution is 5.87. The lowest BCUT2D eigenvalue weighted by Crippen LogP contribution is -2.07. The molecule has 0 radical (unpaired) electrons. The van der Waals surface area contributed by atoms with Crippen LogP contribution in [0.2, 0.25) is 0 Å². The average Bonchev–Trinajstić information content (AvgIpc) is 3.11. The minimum atomic E-state index is -1.00. The molecule has 1 aromatic heterocycles. The van der Waals surface area contributed by atoms with E-state index in [0.717, 1.165) is 35.3 Å². The van der Waals surface area contributed by atoms with Crippen molar-refractivity contribution < 1.29 is 9.90 Å². The van der Waals surface area contributed by atoms with Gasteiger partial charge in [-0.3, -0.25) is 0 Å². The molecule has 5 nitrogen and oxygen atoms in total. The van der Waals surface area contributed by atoms with E-state index in [9.17, 15) is 9.90 Å². The smallest absolute Gasteiger partial charge is 0.358 e. The van der Waals surface area contributed by atoms with Crippen LogP contribution in [0.15, 0.2) is 18.2 Å². The molecule has 0 atom stereocenters. The lowest BCUT2D eigenvalue weighted by atomic mass is 10.1. The second-order valence-electron chi connectivity index (χ2n) is 5.03. The Bertz CT molecular complexity index is 657. The average molecular weight is 257 g/mol. The van der Waals surface area contributed by atoms with Crippen LogP contribution in [0.3, 0.4) is 0 Å². The first kappa shape index (κ1) is 11.9. The molecule has 1 aliphatic rings. The maximum Gasteiger partial charge on any atom is 0.358 e. The largest absolute Gasteiger partial charge is 0.476 e. The topological polar surface area (TPSA) is 68.0 Å². The van der Waals surface area contributed by atoms with Crippen LogP contribution in [-0.2, 0) is 0 Å². The Labute approximate surface area is 110 Å². The molecule has 0 spiro atoms. The number of carboxylic acids is 1. The van der Waals surface area contributed by atoms with E-state index in [0.29, 0.717) is 0 Å². The van der Waals surface area contributed by atoms with Crippen molar-refractivity contribution in [3.8, 4) is 5.69 Å². The summed E-state index contributed by atoms with van der Waals surface area (Å²) in [6, 6.07) is 5.94. The molecule has 3 rings (SSSR count). The molecule has 0 saturated heterocycles. The van der Waals surface area contributed by atoms with Crippen molar-refractivity contribution in [2.75, 3.05) is 0 Å². The quantitative estimate of drug-likeness (QED) is 0.917. The zero-order chi connectivity index (χ0) is 13.6. The van der Waals surface area contributed by atoms with Gasteiger partial charge in [-0.2, -0.15) is 0 Å². The Balaban J connectivity index is 2.20. The number of carboxylic acid groups (broad SMARTS) is 1. The first-order chi connectivity index (χ1) is 9.09. The minimum absolute atomic E-state index is 0.0865. The van der Waals surface area contributed by atoms with Gasteiger partial charge in [0.1, 0.15) is 0 Å². The third-order valence-electron chi connectivity index (χ3n) is 3.68. The third-order valence-corrected chi connectivity index (χ3v) is 3.68. The van der Waals surface area contributed by atoms with Crippen molar-refractivity contribution in [1.29, 1.82) is 0 Å². The Kier molecular flexibility index (Phi) is 2.62. The van der Waals surface area contributed by atoms with E-state index in [2.05, 4.69) is 10.3 Å². The van der Waals surface area contributed by atoms with Gasteiger partial charge in [-0.05, 0) is 43.9 Å². The zero-order valence-electron chi connectivity index (χ0n) is 10.9. The van der Waals surface area contributed by atoms with E-state index in [-0.39, 0.29) is 11.6 Å². The first-order valence-corrected chi connectivity index (χ1v) is 6.35. The number of aromatic nitrogens is 3. The van der Waals surface area contributed by atoms with Crippen molar-refractivity contribution in [3.63, 3.8) is 0 Å². The maximum absolute atomic E-state index is 11.2. The molecule has 0 amide bonds. The summed E-state index contributed by atoms with van der Waals surface area (Å²) in [6.07, 6.45) is 2.02. The van der Waals surface area contributed by atoms with Gasteiger partial charge in [-0.1, -0.05) is 17.3 Å². The first-order valence-electron chi connectivity index (χ1n) is 6.35. The van der Waals surface area contributed by atoms with Gasteiger partial charge in [0, 0.05) is 5.92 Å². The summed E-state index contributed by atoms with van der Waals surface area (Å²) in [5.74, 6) is -0.723. The molecule has 0 unspecified atom stereocenters. The van der Waals surface area contributed by atoms with Crippen LogP contribution in [-0.4, -0.2) is 26.1 Å². The van der Waals surface area contributed by atoms with Gasteiger partial charge in [0.05, 0.1) is 11.4 Å². The molecule has 1 fully saturated rings. The SMILES string of the molecule is Cc1cccc(-n2nnc(C(=O)O)c2C2CC2)c1C.